The van der Waals surface area contributed by atoms with Gasteiger partial charge in [0.25, 0.3) is 5.91 Å². The van der Waals surface area contributed by atoms with Crippen LogP contribution in [0.1, 0.15) is 24.0 Å². The Hall–Kier alpha value is -2.66. The molecule has 128 valence electrons. The second-order valence-corrected chi connectivity index (χ2v) is 6.41. The number of carbonyl (C=O) groups excluding carboxylic acids is 2. The van der Waals surface area contributed by atoms with E-state index in [-0.39, 0.29) is 18.2 Å². The second-order valence-electron chi connectivity index (χ2n) is 6.01. The largest absolute Gasteiger partial charge is 0.321 e. The van der Waals surface area contributed by atoms with Crippen molar-refractivity contribution in [3.8, 4) is 0 Å². The number of halogens is 1. The maximum Gasteiger partial charge on any atom is 0.271 e. The van der Waals surface area contributed by atoms with Crippen LogP contribution in [0.25, 0.3) is 0 Å². The third kappa shape index (κ3) is 3.88. The molecule has 0 aliphatic carbocycles. The first-order valence-corrected chi connectivity index (χ1v) is 8.36. The average Bonchev–Trinajstić information content (AvgIpc) is 2.59. The zero-order valence-corrected chi connectivity index (χ0v) is 14.8. The Morgan fingerprint density at radius 2 is 1.84 bits per heavy atom. The normalized spacial score (nSPS) is 14.3. The van der Waals surface area contributed by atoms with Crippen molar-refractivity contribution in [2.45, 2.75) is 26.7 Å². The maximum atomic E-state index is 12.5. The lowest BCUT2D eigenvalue weighted by atomic mass is 10.1. The highest BCUT2D eigenvalue weighted by molar-refractivity contribution is 6.44. The predicted octanol–water partition coefficient (Wildman–Crippen LogP) is 4.08. The lowest BCUT2D eigenvalue weighted by molar-refractivity contribution is -0.118. The van der Waals surface area contributed by atoms with Gasteiger partial charge in [0.15, 0.2) is 0 Å². The lowest BCUT2D eigenvalue weighted by Crippen LogP contribution is -2.36. The summed E-state index contributed by atoms with van der Waals surface area (Å²) in [5, 5.41) is 8.91. The summed E-state index contributed by atoms with van der Waals surface area (Å²) in [6.45, 7) is 3.86. The third-order valence-electron chi connectivity index (χ3n) is 4.00. The molecule has 3 rings (SSSR count). The number of hydrogen-bond donors (Lipinski definition) is 1. The fraction of sp³-hybridized carbons (Fsp3) is 0.211. The first-order valence-electron chi connectivity index (χ1n) is 7.98. The molecule has 0 unspecified atom stereocenters. The van der Waals surface area contributed by atoms with Crippen molar-refractivity contribution in [1.82, 2.24) is 0 Å². The average molecular weight is 356 g/mol. The fourth-order valence-corrected chi connectivity index (χ4v) is 2.66. The van der Waals surface area contributed by atoms with Gasteiger partial charge in [-0.1, -0.05) is 35.4 Å². The van der Waals surface area contributed by atoms with Crippen LogP contribution in [0.15, 0.2) is 47.6 Å². The van der Waals surface area contributed by atoms with Gasteiger partial charge in [0.1, 0.15) is 5.71 Å². The van der Waals surface area contributed by atoms with E-state index in [9.17, 15) is 9.59 Å². The molecule has 2 amide bonds. The van der Waals surface area contributed by atoms with E-state index in [1.54, 1.807) is 12.1 Å². The van der Waals surface area contributed by atoms with Crippen LogP contribution >= 0.6 is 11.6 Å². The molecule has 0 spiro atoms. The van der Waals surface area contributed by atoms with Crippen LogP contribution in [0.2, 0.25) is 5.02 Å². The highest BCUT2D eigenvalue weighted by Crippen LogP contribution is 2.22. The SMILES string of the molecule is Cc1ccc(N2N=C(C(=O)Nc3ccc(C)c(Cl)c3)CCC2=O)cc1. The van der Waals surface area contributed by atoms with E-state index in [0.717, 1.165) is 11.1 Å². The Labute approximate surface area is 151 Å². The van der Waals surface area contributed by atoms with Crippen molar-refractivity contribution in [3.63, 3.8) is 0 Å². The van der Waals surface area contributed by atoms with Gasteiger partial charge in [0.05, 0.1) is 5.69 Å². The van der Waals surface area contributed by atoms with Gasteiger partial charge in [0, 0.05) is 23.6 Å². The van der Waals surface area contributed by atoms with E-state index in [4.69, 9.17) is 11.6 Å². The maximum absolute atomic E-state index is 12.5. The number of benzene rings is 2. The number of rotatable bonds is 3. The molecule has 0 aromatic heterocycles. The van der Waals surface area contributed by atoms with Crippen molar-refractivity contribution in [2.24, 2.45) is 5.10 Å². The van der Waals surface area contributed by atoms with Crippen molar-refractivity contribution < 1.29 is 9.59 Å². The number of carbonyl (C=O) groups is 2. The topological polar surface area (TPSA) is 61.8 Å². The number of amides is 2. The Morgan fingerprint density at radius 1 is 1.12 bits per heavy atom. The van der Waals surface area contributed by atoms with E-state index in [0.29, 0.717) is 28.5 Å². The highest BCUT2D eigenvalue weighted by Gasteiger charge is 2.25. The van der Waals surface area contributed by atoms with Crippen molar-refractivity contribution in [2.75, 3.05) is 10.3 Å². The Balaban J connectivity index is 1.81. The van der Waals surface area contributed by atoms with Gasteiger partial charge >= 0.3 is 0 Å². The van der Waals surface area contributed by atoms with E-state index in [1.807, 2.05) is 44.2 Å². The minimum Gasteiger partial charge on any atom is -0.321 e. The van der Waals surface area contributed by atoms with Gasteiger partial charge in [-0.2, -0.15) is 5.10 Å². The van der Waals surface area contributed by atoms with Crippen LogP contribution in [-0.4, -0.2) is 17.5 Å². The molecular formula is C19H18ClN3O2. The van der Waals surface area contributed by atoms with Gasteiger partial charge in [-0.3, -0.25) is 9.59 Å². The summed E-state index contributed by atoms with van der Waals surface area (Å²) in [7, 11) is 0. The third-order valence-corrected chi connectivity index (χ3v) is 4.41. The molecule has 2 aromatic rings. The molecular weight excluding hydrogens is 338 g/mol. The molecule has 0 saturated carbocycles. The van der Waals surface area contributed by atoms with Crippen LogP contribution in [0, 0.1) is 13.8 Å². The molecule has 0 bridgehead atoms. The molecule has 0 atom stereocenters. The molecule has 25 heavy (non-hydrogen) atoms. The van der Waals surface area contributed by atoms with Gasteiger partial charge in [-0.25, -0.2) is 5.01 Å². The molecule has 1 aliphatic rings. The number of nitrogens with zero attached hydrogens (tertiary/aromatic N) is 2. The summed E-state index contributed by atoms with van der Waals surface area (Å²) < 4.78 is 0. The number of nitrogens with one attached hydrogen (secondary N) is 1. The minimum atomic E-state index is -0.329. The standard InChI is InChI=1S/C19H18ClN3O2/c1-12-3-7-15(8-4-12)23-18(24)10-9-17(22-23)19(25)21-14-6-5-13(2)16(20)11-14/h3-8,11H,9-10H2,1-2H3,(H,21,25). The van der Waals surface area contributed by atoms with Crippen LogP contribution in [0.4, 0.5) is 11.4 Å². The molecule has 0 radical (unpaired) electrons. The van der Waals surface area contributed by atoms with Gasteiger partial charge < -0.3 is 5.32 Å². The molecule has 0 saturated heterocycles. The first kappa shape index (κ1) is 17.2. The summed E-state index contributed by atoms with van der Waals surface area (Å²) in [5.41, 5.74) is 3.59. The smallest absolute Gasteiger partial charge is 0.271 e. The number of anilines is 2. The summed E-state index contributed by atoms with van der Waals surface area (Å²) in [4.78, 5) is 24.6. The number of aryl methyl sites for hydroxylation is 2. The summed E-state index contributed by atoms with van der Waals surface area (Å²) >= 11 is 6.08. The van der Waals surface area contributed by atoms with E-state index in [1.165, 1.54) is 5.01 Å². The van der Waals surface area contributed by atoms with E-state index < -0.39 is 0 Å². The van der Waals surface area contributed by atoms with Gasteiger partial charge in [-0.05, 0) is 43.7 Å². The minimum absolute atomic E-state index is 0.126. The zero-order chi connectivity index (χ0) is 18.0. The lowest BCUT2D eigenvalue weighted by Gasteiger charge is -2.23. The fourth-order valence-electron chi connectivity index (χ4n) is 2.48. The van der Waals surface area contributed by atoms with Crippen LogP contribution in [0.5, 0.6) is 0 Å². The van der Waals surface area contributed by atoms with Gasteiger partial charge in [0.2, 0.25) is 5.91 Å². The number of hydrogen-bond acceptors (Lipinski definition) is 3. The van der Waals surface area contributed by atoms with Crippen LogP contribution in [-0.2, 0) is 9.59 Å². The summed E-state index contributed by atoms with van der Waals surface area (Å²) in [6, 6.07) is 12.8. The molecule has 1 aliphatic heterocycles. The summed E-state index contributed by atoms with van der Waals surface area (Å²) in [5.74, 6) is -0.455. The van der Waals surface area contributed by atoms with Crippen molar-refractivity contribution >= 4 is 40.5 Å². The molecule has 6 heteroatoms. The Bertz CT molecular complexity index is 859. The monoisotopic (exact) mass is 355 g/mol. The quantitative estimate of drug-likeness (QED) is 0.901. The predicted molar refractivity (Wildman–Crippen MR) is 100 cm³/mol. The molecule has 1 heterocycles. The molecule has 2 aromatic carbocycles. The second kappa shape index (κ2) is 7.07. The Kier molecular flexibility index (Phi) is 4.86. The van der Waals surface area contributed by atoms with Gasteiger partial charge in [-0.15, -0.1) is 0 Å². The van der Waals surface area contributed by atoms with Crippen LogP contribution in [0.3, 0.4) is 0 Å². The van der Waals surface area contributed by atoms with E-state index in [2.05, 4.69) is 10.4 Å². The Morgan fingerprint density at radius 3 is 2.52 bits per heavy atom. The van der Waals surface area contributed by atoms with Crippen molar-refractivity contribution in [3.05, 3.63) is 58.6 Å². The molecule has 0 fully saturated rings. The zero-order valence-electron chi connectivity index (χ0n) is 14.0. The van der Waals surface area contributed by atoms with E-state index >= 15 is 0 Å². The molecule has 5 nitrogen and oxygen atoms in total. The van der Waals surface area contributed by atoms with Crippen molar-refractivity contribution in [1.29, 1.82) is 0 Å². The van der Waals surface area contributed by atoms with Crippen LogP contribution < -0.4 is 10.3 Å². The highest BCUT2D eigenvalue weighted by atomic mass is 35.5. The summed E-state index contributed by atoms with van der Waals surface area (Å²) in [6.07, 6.45) is 0.557. The number of hydrazone groups is 1. The molecule has 1 N–H and O–H groups in total. The first-order chi connectivity index (χ1) is 11.9.